The number of aryl methyl sites for hydroxylation is 3. The number of Topliss-reactive ketones (excluding diaryl/α,β-unsaturated/α-hetero) is 1. The van der Waals surface area contributed by atoms with Gasteiger partial charge in [0.15, 0.2) is 24.7 Å². The van der Waals surface area contributed by atoms with E-state index in [1.54, 1.807) is 30.3 Å². The molecule has 188 valence electrons. The third-order valence-electron chi connectivity index (χ3n) is 5.61. The van der Waals surface area contributed by atoms with E-state index < -0.39 is 11.9 Å². The number of carbonyl (C=O) groups excluding carboxylic acids is 3. The summed E-state index contributed by atoms with van der Waals surface area (Å²) in [7, 11) is 2.93. The summed E-state index contributed by atoms with van der Waals surface area (Å²) in [6.07, 6.45) is 0. The first-order chi connectivity index (χ1) is 17.2. The van der Waals surface area contributed by atoms with Gasteiger partial charge in [0.05, 0.1) is 25.5 Å². The van der Waals surface area contributed by atoms with Crippen molar-refractivity contribution in [2.75, 3.05) is 32.8 Å². The summed E-state index contributed by atoms with van der Waals surface area (Å²) in [5.74, 6) is -0.319. The standard InChI is InChI=1S/C28H29NO7/c1-17-12-19(3)21(13-18(17)2)23(30)15-36-28(32)20-10-11-25(26(14-20)34-5)35-16-27(31)29-22-8-6-7-9-24(22)33-4/h6-14H,15-16H2,1-5H3,(H,29,31). The summed E-state index contributed by atoms with van der Waals surface area (Å²) < 4.78 is 21.3. The number of rotatable bonds is 10. The number of ether oxygens (including phenoxy) is 4. The van der Waals surface area contributed by atoms with Gasteiger partial charge >= 0.3 is 5.97 Å². The van der Waals surface area contributed by atoms with E-state index in [0.717, 1.165) is 16.7 Å². The Morgan fingerprint density at radius 1 is 0.750 bits per heavy atom. The molecule has 0 spiro atoms. The molecule has 36 heavy (non-hydrogen) atoms. The summed E-state index contributed by atoms with van der Waals surface area (Å²) in [6.45, 7) is 5.08. The first-order valence-corrected chi connectivity index (χ1v) is 11.2. The minimum atomic E-state index is -0.677. The number of anilines is 1. The van der Waals surface area contributed by atoms with E-state index >= 15 is 0 Å². The summed E-state index contributed by atoms with van der Waals surface area (Å²) in [5, 5.41) is 2.71. The van der Waals surface area contributed by atoms with Gasteiger partial charge in [0.2, 0.25) is 5.78 Å². The number of hydrogen-bond donors (Lipinski definition) is 1. The molecule has 1 N–H and O–H groups in total. The summed E-state index contributed by atoms with van der Waals surface area (Å²) in [6, 6.07) is 15.2. The van der Waals surface area contributed by atoms with Crippen LogP contribution in [0.25, 0.3) is 0 Å². The van der Waals surface area contributed by atoms with Crippen molar-refractivity contribution in [3.8, 4) is 17.2 Å². The van der Waals surface area contributed by atoms with E-state index in [4.69, 9.17) is 18.9 Å². The van der Waals surface area contributed by atoms with Crippen LogP contribution in [-0.2, 0) is 9.53 Å². The van der Waals surface area contributed by atoms with Crippen molar-refractivity contribution in [1.82, 2.24) is 0 Å². The lowest BCUT2D eigenvalue weighted by molar-refractivity contribution is -0.118. The van der Waals surface area contributed by atoms with Crippen LogP contribution in [0.5, 0.6) is 17.2 Å². The minimum absolute atomic E-state index is 0.183. The molecule has 0 unspecified atom stereocenters. The van der Waals surface area contributed by atoms with Crippen molar-refractivity contribution >= 4 is 23.3 Å². The highest BCUT2D eigenvalue weighted by Crippen LogP contribution is 2.29. The van der Waals surface area contributed by atoms with Crippen molar-refractivity contribution in [2.24, 2.45) is 0 Å². The first kappa shape index (κ1) is 26.3. The molecule has 0 aliphatic carbocycles. The van der Waals surface area contributed by atoms with E-state index in [1.807, 2.05) is 26.8 Å². The molecule has 3 aromatic rings. The van der Waals surface area contributed by atoms with E-state index in [0.29, 0.717) is 17.0 Å². The molecular formula is C28H29NO7. The molecule has 8 nitrogen and oxygen atoms in total. The normalized spacial score (nSPS) is 10.4. The molecular weight excluding hydrogens is 462 g/mol. The second kappa shape index (κ2) is 11.9. The Kier molecular flexibility index (Phi) is 8.67. The number of hydrogen-bond acceptors (Lipinski definition) is 7. The SMILES string of the molecule is COc1ccccc1NC(=O)COc1ccc(C(=O)OCC(=O)c2cc(C)c(C)cc2C)cc1OC. The Morgan fingerprint density at radius 3 is 2.17 bits per heavy atom. The van der Waals surface area contributed by atoms with Gasteiger partial charge in [-0.15, -0.1) is 0 Å². The molecule has 3 aromatic carbocycles. The van der Waals surface area contributed by atoms with Crippen LogP contribution in [0.1, 0.15) is 37.4 Å². The van der Waals surface area contributed by atoms with Gasteiger partial charge in [0, 0.05) is 5.56 Å². The summed E-state index contributed by atoms with van der Waals surface area (Å²) in [4.78, 5) is 37.5. The van der Waals surface area contributed by atoms with Crippen LogP contribution in [-0.4, -0.2) is 45.1 Å². The summed E-state index contributed by atoms with van der Waals surface area (Å²) >= 11 is 0. The maximum Gasteiger partial charge on any atom is 0.338 e. The van der Waals surface area contributed by atoms with Gasteiger partial charge in [-0.05, 0) is 73.9 Å². The Labute approximate surface area is 210 Å². The maximum atomic E-state index is 12.6. The Morgan fingerprint density at radius 2 is 1.44 bits per heavy atom. The van der Waals surface area contributed by atoms with Crippen LogP contribution in [0, 0.1) is 20.8 Å². The molecule has 3 rings (SSSR count). The third-order valence-corrected chi connectivity index (χ3v) is 5.61. The fourth-order valence-corrected chi connectivity index (χ4v) is 3.54. The lowest BCUT2D eigenvalue weighted by Crippen LogP contribution is -2.20. The molecule has 0 aliphatic rings. The van der Waals surface area contributed by atoms with Crippen LogP contribution in [0.2, 0.25) is 0 Å². The minimum Gasteiger partial charge on any atom is -0.495 e. The maximum absolute atomic E-state index is 12.6. The van der Waals surface area contributed by atoms with Gasteiger partial charge in [-0.3, -0.25) is 9.59 Å². The topological polar surface area (TPSA) is 100 Å². The van der Waals surface area contributed by atoms with E-state index in [1.165, 1.54) is 32.4 Å². The third kappa shape index (κ3) is 6.41. The largest absolute Gasteiger partial charge is 0.495 e. The van der Waals surface area contributed by atoms with E-state index in [9.17, 15) is 14.4 Å². The smallest absolute Gasteiger partial charge is 0.338 e. The van der Waals surface area contributed by atoms with Crippen molar-refractivity contribution < 1.29 is 33.3 Å². The van der Waals surface area contributed by atoms with Crippen LogP contribution in [0.15, 0.2) is 54.6 Å². The van der Waals surface area contributed by atoms with Crippen LogP contribution in [0.3, 0.4) is 0 Å². The lowest BCUT2D eigenvalue weighted by atomic mass is 9.98. The summed E-state index contributed by atoms with van der Waals surface area (Å²) in [5.41, 5.74) is 4.14. The molecule has 0 saturated heterocycles. The lowest BCUT2D eigenvalue weighted by Gasteiger charge is -2.13. The van der Waals surface area contributed by atoms with Gasteiger partial charge < -0.3 is 24.3 Å². The highest BCUT2D eigenvalue weighted by atomic mass is 16.5. The highest BCUT2D eigenvalue weighted by Gasteiger charge is 2.17. The van der Waals surface area contributed by atoms with Gasteiger partial charge in [0.1, 0.15) is 5.75 Å². The van der Waals surface area contributed by atoms with Gasteiger partial charge in [-0.25, -0.2) is 4.79 Å². The van der Waals surface area contributed by atoms with Crippen LogP contribution < -0.4 is 19.5 Å². The Hall–Kier alpha value is -4.33. The number of ketones is 1. The molecule has 0 aromatic heterocycles. The second-order valence-corrected chi connectivity index (χ2v) is 8.15. The number of carbonyl (C=O) groups is 3. The van der Waals surface area contributed by atoms with Crippen LogP contribution in [0.4, 0.5) is 5.69 Å². The molecule has 0 aliphatic heterocycles. The zero-order valence-electron chi connectivity index (χ0n) is 21.0. The Bertz CT molecular complexity index is 1280. The Balaban J connectivity index is 1.60. The van der Waals surface area contributed by atoms with Crippen molar-refractivity contribution in [3.63, 3.8) is 0 Å². The van der Waals surface area contributed by atoms with Gasteiger partial charge in [-0.1, -0.05) is 18.2 Å². The van der Waals surface area contributed by atoms with E-state index in [-0.39, 0.29) is 36.1 Å². The zero-order chi connectivity index (χ0) is 26.2. The quantitative estimate of drug-likeness (QED) is 0.324. The molecule has 0 heterocycles. The molecule has 0 radical (unpaired) electrons. The predicted molar refractivity (Wildman–Crippen MR) is 135 cm³/mol. The van der Waals surface area contributed by atoms with Crippen molar-refractivity contribution in [1.29, 1.82) is 0 Å². The number of para-hydroxylation sites is 2. The van der Waals surface area contributed by atoms with Crippen molar-refractivity contribution in [3.05, 3.63) is 82.4 Å². The second-order valence-electron chi connectivity index (χ2n) is 8.15. The number of esters is 1. The fraction of sp³-hybridized carbons (Fsp3) is 0.250. The molecule has 0 bridgehead atoms. The highest BCUT2D eigenvalue weighted by molar-refractivity contribution is 6.00. The van der Waals surface area contributed by atoms with E-state index in [2.05, 4.69) is 5.32 Å². The number of nitrogens with one attached hydrogen (secondary N) is 1. The number of methoxy groups -OCH3 is 2. The van der Waals surface area contributed by atoms with Gasteiger partial charge in [-0.2, -0.15) is 0 Å². The molecule has 0 fully saturated rings. The van der Waals surface area contributed by atoms with Crippen molar-refractivity contribution in [2.45, 2.75) is 20.8 Å². The zero-order valence-corrected chi connectivity index (χ0v) is 21.0. The average Bonchev–Trinajstić information content (AvgIpc) is 2.88. The average molecular weight is 492 g/mol. The number of amides is 1. The molecule has 1 amide bonds. The molecule has 0 atom stereocenters. The van der Waals surface area contributed by atoms with Crippen LogP contribution >= 0.6 is 0 Å². The van der Waals surface area contributed by atoms with Gasteiger partial charge in [0.25, 0.3) is 5.91 Å². The predicted octanol–water partition coefficient (Wildman–Crippen LogP) is 4.69. The fourth-order valence-electron chi connectivity index (χ4n) is 3.54. The monoisotopic (exact) mass is 491 g/mol. The number of benzene rings is 3. The first-order valence-electron chi connectivity index (χ1n) is 11.2. The molecule has 8 heteroatoms. The molecule has 0 saturated carbocycles.